The second kappa shape index (κ2) is 6.34. The minimum absolute atomic E-state index is 0.151. The number of methoxy groups -OCH3 is 4. The molecule has 0 amide bonds. The number of hydrogen-bond donors (Lipinski definition) is 0. The Bertz CT molecular complexity index is 563. The lowest BCUT2D eigenvalue weighted by atomic mass is 9.95. The third-order valence-electron chi connectivity index (χ3n) is 3.25. The Morgan fingerprint density at radius 2 is 0.773 bits per heavy atom. The summed E-state index contributed by atoms with van der Waals surface area (Å²) >= 11 is 0. The molecule has 2 aliphatic carbocycles. The van der Waals surface area contributed by atoms with Gasteiger partial charge < -0.3 is 18.9 Å². The van der Waals surface area contributed by atoms with Crippen LogP contribution in [0.25, 0.3) is 0 Å². The summed E-state index contributed by atoms with van der Waals surface area (Å²) in [6, 6.07) is 0. The molecule has 0 unspecified atom stereocenters. The van der Waals surface area contributed by atoms with Crippen LogP contribution in [0.2, 0.25) is 0 Å². The highest BCUT2D eigenvalue weighted by molar-refractivity contribution is 6.09. The highest BCUT2D eigenvalue weighted by Crippen LogP contribution is 2.28. The van der Waals surface area contributed by atoms with Gasteiger partial charge in [0.05, 0.1) is 28.4 Å². The van der Waals surface area contributed by atoms with Gasteiger partial charge in [-0.1, -0.05) is 0 Å². The Labute approximate surface area is 128 Å². The Kier molecular flexibility index (Phi) is 4.50. The van der Waals surface area contributed by atoms with E-state index in [1.165, 1.54) is 28.4 Å². The van der Waals surface area contributed by atoms with E-state index < -0.39 is 0 Å². The lowest BCUT2D eigenvalue weighted by molar-refractivity contribution is -0.118. The van der Waals surface area contributed by atoms with Crippen LogP contribution in [0.5, 0.6) is 0 Å². The van der Waals surface area contributed by atoms with Crippen molar-refractivity contribution in [3.05, 3.63) is 58.5 Å². The van der Waals surface area contributed by atoms with E-state index in [-0.39, 0.29) is 34.6 Å². The lowest BCUT2D eigenvalue weighted by Gasteiger charge is -2.18. The summed E-state index contributed by atoms with van der Waals surface area (Å²) in [6.07, 6.45) is 6.29. The monoisotopic (exact) mass is 304 g/mol. The second-order valence-electron chi connectivity index (χ2n) is 4.42. The summed E-state index contributed by atoms with van der Waals surface area (Å²) in [4.78, 5) is 23.9. The molecular weight excluding hydrogens is 288 g/mol. The molecule has 0 fully saturated rings. The molecule has 0 saturated heterocycles. The number of hydrogen-bond acceptors (Lipinski definition) is 6. The highest BCUT2D eigenvalue weighted by Gasteiger charge is 2.26. The smallest absolute Gasteiger partial charge is 0.261 e. The van der Waals surface area contributed by atoms with Gasteiger partial charge in [0, 0.05) is 0 Å². The molecule has 6 heteroatoms. The van der Waals surface area contributed by atoms with Crippen molar-refractivity contribution in [2.45, 2.75) is 0 Å². The zero-order valence-electron chi connectivity index (χ0n) is 12.8. The zero-order valence-corrected chi connectivity index (χ0v) is 12.8. The summed E-state index contributed by atoms with van der Waals surface area (Å²) < 4.78 is 20.3. The largest absolute Gasteiger partial charge is 0.492 e. The lowest BCUT2D eigenvalue weighted by Crippen LogP contribution is -2.16. The Hall–Kier alpha value is -2.76. The van der Waals surface area contributed by atoms with E-state index in [0.717, 1.165) is 0 Å². The predicted octanol–water partition coefficient (Wildman–Crippen LogP) is 1.57. The SMILES string of the molecule is COC1=CC(=C2C=C(OC)C(=O)C(OC)=C2)C=C(OC)C1=O. The van der Waals surface area contributed by atoms with Crippen molar-refractivity contribution in [2.75, 3.05) is 28.4 Å². The number of ketones is 2. The Morgan fingerprint density at radius 3 is 0.955 bits per heavy atom. The van der Waals surface area contributed by atoms with Crippen LogP contribution in [0, 0.1) is 0 Å². The normalized spacial score (nSPS) is 18.2. The van der Waals surface area contributed by atoms with E-state index in [9.17, 15) is 9.59 Å². The van der Waals surface area contributed by atoms with Gasteiger partial charge in [-0.3, -0.25) is 9.59 Å². The first-order valence-corrected chi connectivity index (χ1v) is 6.42. The molecule has 0 N–H and O–H groups in total. The molecule has 0 bridgehead atoms. The molecule has 0 heterocycles. The Morgan fingerprint density at radius 1 is 0.545 bits per heavy atom. The molecule has 22 heavy (non-hydrogen) atoms. The van der Waals surface area contributed by atoms with Crippen molar-refractivity contribution in [1.29, 1.82) is 0 Å². The van der Waals surface area contributed by atoms with E-state index in [0.29, 0.717) is 11.1 Å². The molecule has 0 aliphatic heterocycles. The van der Waals surface area contributed by atoms with Crippen LogP contribution in [0.3, 0.4) is 0 Å². The maximum absolute atomic E-state index is 12.0. The van der Waals surface area contributed by atoms with Gasteiger partial charge in [0.25, 0.3) is 11.6 Å². The van der Waals surface area contributed by atoms with Gasteiger partial charge in [-0.2, -0.15) is 0 Å². The third kappa shape index (κ3) is 2.67. The van der Waals surface area contributed by atoms with Crippen LogP contribution in [-0.4, -0.2) is 40.0 Å². The topological polar surface area (TPSA) is 71.1 Å². The maximum Gasteiger partial charge on any atom is 0.261 e. The minimum Gasteiger partial charge on any atom is -0.492 e. The molecule has 0 aromatic rings. The van der Waals surface area contributed by atoms with Crippen molar-refractivity contribution >= 4 is 11.6 Å². The van der Waals surface area contributed by atoms with Crippen LogP contribution in [0.1, 0.15) is 0 Å². The summed E-state index contributed by atoms with van der Waals surface area (Å²) in [5.41, 5.74) is 1.29. The van der Waals surface area contributed by atoms with Crippen molar-refractivity contribution in [3.63, 3.8) is 0 Å². The van der Waals surface area contributed by atoms with Crippen LogP contribution in [-0.2, 0) is 28.5 Å². The summed E-state index contributed by atoms with van der Waals surface area (Å²) in [5.74, 6) is -0.0739. The van der Waals surface area contributed by atoms with Crippen LogP contribution in [0.15, 0.2) is 58.5 Å². The summed E-state index contributed by atoms with van der Waals surface area (Å²) in [6.45, 7) is 0. The molecule has 0 aromatic heterocycles. The Balaban J connectivity index is 2.61. The average Bonchev–Trinajstić information content (AvgIpc) is 2.55. The minimum atomic E-state index is -0.340. The molecule has 2 aliphatic rings. The van der Waals surface area contributed by atoms with Gasteiger partial charge in [-0.25, -0.2) is 0 Å². The van der Waals surface area contributed by atoms with E-state index in [1.807, 2.05) is 0 Å². The summed E-state index contributed by atoms with van der Waals surface area (Å²) in [5, 5.41) is 0. The fraction of sp³-hybridized carbons (Fsp3) is 0.250. The second-order valence-corrected chi connectivity index (χ2v) is 4.42. The van der Waals surface area contributed by atoms with Gasteiger partial charge >= 0.3 is 0 Å². The molecule has 0 atom stereocenters. The molecule has 116 valence electrons. The number of Topliss-reactive ketones (excluding diaryl/α,β-unsaturated/α-hetero) is 2. The van der Waals surface area contributed by atoms with Crippen molar-refractivity contribution in [1.82, 2.24) is 0 Å². The molecule has 6 nitrogen and oxygen atoms in total. The first-order chi connectivity index (χ1) is 10.5. The van der Waals surface area contributed by atoms with Gasteiger partial charge in [0.2, 0.25) is 0 Å². The molecule has 0 spiro atoms. The number of allylic oxidation sites excluding steroid dienone is 6. The van der Waals surface area contributed by atoms with Gasteiger partial charge in [-0.05, 0) is 35.5 Å². The standard InChI is InChI=1S/C16H16O6/c1-19-11-5-9(6-12(20-2)15(11)17)10-7-13(21-3)16(18)14(8-10)22-4/h5-8H,1-4H3. The molecule has 2 rings (SSSR count). The van der Waals surface area contributed by atoms with Gasteiger partial charge in [0.15, 0.2) is 23.0 Å². The van der Waals surface area contributed by atoms with Crippen molar-refractivity contribution in [3.8, 4) is 0 Å². The molecule has 0 radical (unpaired) electrons. The first-order valence-electron chi connectivity index (χ1n) is 6.42. The summed E-state index contributed by atoms with van der Waals surface area (Å²) in [7, 11) is 5.62. The van der Waals surface area contributed by atoms with Crippen molar-refractivity contribution < 1.29 is 28.5 Å². The molecular formula is C16H16O6. The average molecular weight is 304 g/mol. The third-order valence-corrected chi connectivity index (χ3v) is 3.25. The fourth-order valence-corrected chi connectivity index (χ4v) is 2.09. The van der Waals surface area contributed by atoms with Gasteiger partial charge in [0.1, 0.15) is 0 Å². The van der Waals surface area contributed by atoms with Crippen molar-refractivity contribution in [2.24, 2.45) is 0 Å². The van der Waals surface area contributed by atoms with Crippen LogP contribution in [0.4, 0.5) is 0 Å². The number of rotatable bonds is 4. The first kappa shape index (κ1) is 15.6. The van der Waals surface area contributed by atoms with E-state index in [1.54, 1.807) is 24.3 Å². The van der Waals surface area contributed by atoms with Crippen LogP contribution >= 0.6 is 0 Å². The zero-order chi connectivity index (χ0) is 16.3. The van der Waals surface area contributed by atoms with Gasteiger partial charge in [-0.15, -0.1) is 0 Å². The quantitative estimate of drug-likeness (QED) is 0.785. The number of ether oxygens (including phenoxy) is 4. The van der Waals surface area contributed by atoms with E-state index in [4.69, 9.17) is 18.9 Å². The number of carbonyl (C=O) groups is 2. The van der Waals surface area contributed by atoms with E-state index in [2.05, 4.69) is 0 Å². The maximum atomic E-state index is 12.0. The predicted molar refractivity (Wildman–Crippen MR) is 77.4 cm³/mol. The molecule has 0 aromatic carbocycles. The molecule has 0 saturated carbocycles. The fourth-order valence-electron chi connectivity index (χ4n) is 2.09. The highest BCUT2D eigenvalue weighted by atomic mass is 16.5. The number of carbonyl (C=O) groups excluding carboxylic acids is 2. The van der Waals surface area contributed by atoms with Crippen LogP contribution < -0.4 is 0 Å². The van der Waals surface area contributed by atoms with E-state index >= 15 is 0 Å².